The molecule has 122 valence electrons. The van der Waals surface area contributed by atoms with Crippen molar-refractivity contribution < 1.29 is 14.3 Å². The minimum absolute atomic E-state index is 0.0899. The summed E-state index contributed by atoms with van der Waals surface area (Å²) in [5.41, 5.74) is 1.38. The van der Waals surface area contributed by atoms with Crippen LogP contribution in [0, 0.1) is 0 Å². The van der Waals surface area contributed by atoms with Gasteiger partial charge in [-0.15, -0.1) is 0 Å². The van der Waals surface area contributed by atoms with Gasteiger partial charge in [0, 0.05) is 24.1 Å². The number of esters is 1. The first-order valence-corrected chi connectivity index (χ1v) is 7.80. The third kappa shape index (κ3) is 4.98. The number of carbonyl (C=O) groups is 2. The van der Waals surface area contributed by atoms with Crippen LogP contribution < -0.4 is 5.32 Å². The molecule has 0 aliphatic heterocycles. The number of ether oxygens (including phenoxy) is 1. The Morgan fingerprint density at radius 2 is 1.83 bits per heavy atom. The van der Waals surface area contributed by atoms with Gasteiger partial charge in [-0.25, -0.2) is 4.79 Å². The molecule has 0 radical (unpaired) electrons. The lowest BCUT2D eigenvalue weighted by Crippen LogP contribution is -2.35. The number of hydrogen-bond donors (Lipinski definition) is 1. The normalized spacial score (nSPS) is 11.7. The van der Waals surface area contributed by atoms with Gasteiger partial charge in [-0.1, -0.05) is 13.3 Å². The fraction of sp³-hybridized carbons (Fsp3) is 0.333. The van der Waals surface area contributed by atoms with Crippen molar-refractivity contribution in [1.29, 1.82) is 0 Å². The maximum absolute atomic E-state index is 11.9. The molecule has 1 amide bonds. The number of carbonyl (C=O) groups excluding carboxylic acids is 2. The van der Waals surface area contributed by atoms with E-state index in [1.807, 2.05) is 48.1 Å². The third-order valence-corrected chi connectivity index (χ3v) is 3.47. The molecule has 0 saturated carbocycles. The fourth-order valence-electron chi connectivity index (χ4n) is 2.31. The number of hydrogen-bond acceptors (Lipinski definition) is 3. The van der Waals surface area contributed by atoms with E-state index in [0.29, 0.717) is 5.56 Å². The number of nitrogens with zero attached hydrogens (tertiary/aromatic N) is 1. The summed E-state index contributed by atoms with van der Waals surface area (Å²) in [6.07, 6.45) is 5.75. The molecule has 0 aliphatic rings. The van der Waals surface area contributed by atoms with Gasteiger partial charge in [0.2, 0.25) is 0 Å². The van der Waals surface area contributed by atoms with Gasteiger partial charge < -0.3 is 14.6 Å². The van der Waals surface area contributed by atoms with E-state index in [9.17, 15) is 9.59 Å². The van der Waals surface area contributed by atoms with Crippen molar-refractivity contribution in [3.8, 4) is 5.69 Å². The maximum atomic E-state index is 11.9. The molecule has 5 nitrogen and oxygen atoms in total. The summed E-state index contributed by atoms with van der Waals surface area (Å²) in [6, 6.07) is 11.0. The van der Waals surface area contributed by atoms with Crippen molar-refractivity contribution in [3.05, 3.63) is 54.4 Å². The van der Waals surface area contributed by atoms with Gasteiger partial charge in [0.1, 0.15) is 0 Å². The van der Waals surface area contributed by atoms with E-state index in [0.717, 1.165) is 18.5 Å². The molecule has 1 N–H and O–H groups in total. The average Bonchev–Trinajstić information content (AvgIpc) is 3.07. The zero-order valence-electron chi connectivity index (χ0n) is 13.5. The van der Waals surface area contributed by atoms with E-state index in [2.05, 4.69) is 12.2 Å². The van der Waals surface area contributed by atoms with Crippen molar-refractivity contribution >= 4 is 11.9 Å². The number of amides is 1. The Hall–Kier alpha value is -2.56. The summed E-state index contributed by atoms with van der Waals surface area (Å²) in [7, 11) is 0. The molecule has 2 rings (SSSR count). The summed E-state index contributed by atoms with van der Waals surface area (Å²) in [6.45, 7) is 3.73. The predicted octanol–water partition coefficient (Wildman–Crippen LogP) is 2.94. The molecule has 5 heteroatoms. The second-order valence-corrected chi connectivity index (χ2v) is 5.47. The van der Waals surface area contributed by atoms with Crippen LogP contribution in [0.5, 0.6) is 0 Å². The summed E-state index contributed by atoms with van der Waals surface area (Å²) < 4.78 is 6.98. The molecular weight excluding hydrogens is 292 g/mol. The first-order valence-electron chi connectivity index (χ1n) is 7.80. The molecule has 2 aromatic rings. The second-order valence-electron chi connectivity index (χ2n) is 5.47. The van der Waals surface area contributed by atoms with Crippen LogP contribution in [0.2, 0.25) is 0 Å². The highest BCUT2D eigenvalue weighted by molar-refractivity contribution is 5.91. The van der Waals surface area contributed by atoms with Crippen LogP contribution in [0.4, 0.5) is 0 Å². The smallest absolute Gasteiger partial charge is 0.338 e. The van der Waals surface area contributed by atoms with E-state index in [-0.39, 0.29) is 18.6 Å². The quantitative estimate of drug-likeness (QED) is 0.799. The summed E-state index contributed by atoms with van der Waals surface area (Å²) >= 11 is 0. The Morgan fingerprint density at radius 1 is 1.17 bits per heavy atom. The van der Waals surface area contributed by atoms with Crippen molar-refractivity contribution in [3.63, 3.8) is 0 Å². The highest BCUT2D eigenvalue weighted by atomic mass is 16.5. The number of aromatic nitrogens is 1. The SMILES string of the molecule is CCCC(C)NC(=O)COC(=O)c1ccc(-n2cccc2)cc1. The lowest BCUT2D eigenvalue weighted by Gasteiger charge is -2.12. The van der Waals surface area contributed by atoms with Crippen LogP contribution in [0.3, 0.4) is 0 Å². The number of rotatable bonds is 7. The van der Waals surface area contributed by atoms with Gasteiger partial charge in [0.25, 0.3) is 5.91 Å². The molecule has 23 heavy (non-hydrogen) atoms. The highest BCUT2D eigenvalue weighted by Crippen LogP contribution is 2.11. The molecule has 1 aromatic heterocycles. The van der Waals surface area contributed by atoms with Gasteiger partial charge in [0.05, 0.1) is 5.56 Å². The van der Waals surface area contributed by atoms with Crippen LogP contribution in [-0.2, 0) is 9.53 Å². The lowest BCUT2D eigenvalue weighted by atomic mass is 10.2. The Balaban J connectivity index is 1.85. The van der Waals surface area contributed by atoms with E-state index in [1.165, 1.54) is 0 Å². The van der Waals surface area contributed by atoms with E-state index >= 15 is 0 Å². The predicted molar refractivity (Wildman–Crippen MR) is 88.6 cm³/mol. The minimum Gasteiger partial charge on any atom is -0.452 e. The van der Waals surface area contributed by atoms with E-state index in [1.54, 1.807) is 12.1 Å². The molecule has 1 aromatic carbocycles. The second kappa shape index (κ2) is 8.17. The maximum Gasteiger partial charge on any atom is 0.338 e. The van der Waals surface area contributed by atoms with Gasteiger partial charge in [-0.05, 0) is 49.7 Å². The Morgan fingerprint density at radius 3 is 2.43 bits per heavy atom. The van der Waals surface area contributed by atoms with Crippen molar-refractivity contribution in [2.45, 2.75) is 32.7 Å². The fourth-order valence-corrected chi connectivity index (χ4v) is 2.31. The van der Waals surface area contributed by atoms with Crippen molar-refractivity contribution in [2.24, 2.45) is 0 Å². The summed E-state index contributed by atoms with van der Waals surface area (Å²) in [5.74, 6) is -0.773. The molecule has 1 heterocycles. The molecule has 0 saturated heterocycles. The molecule has 0 bridgehead atoms. The Bertz CT molecular complexity index is 633. The monoisotopic (exact) mass is 314 g/mol. The number of benzene rings is 1. The van der Waals surface area contributed by atoms with Crippen LogP contribution in [-0.4, -0.2) is 29.1 Å². The van der Waals surface area contributed by atoms with Crippen LogP contribution >= 0.6 is 0 Å². The van der Waals surface area contributed by atoms with Gasteiger partial charge in [0.15, 0.2) is 6.61 Å². The van der Waals surface area contributed by atoms with Crippen LogP contribution in [0.25, 0.3) is 5.69 Å². The van der Waals surface area contributed by atoms with Crippen molar-refractivity contribution in [2.75, 3.05) is 6.61 Å². The van der Waals surface area contributed by atoms with E-state index < -0.39 is 5.97 Å². The first-order chi connectivity index (χ1) is 11.1. The van der Waals surface area contributed by atoms with Gasteiger partial charge >= 0.3 is 5.97 Å². The molecule has 0 aliphatic carbocycles. The topological polar surface area (TPSA) is 60.3 Å². The highest BCUT2D eigenvalue weighted by Gasteiger charge is 2.12. The van der Waals surface area contributed by atoms with Crippen LogP contribution in [0.15, 0.2) is 48.8 Å². The zero-order valence-corrected chi connectivity index (χ0v) is 13.5. The standard InChI is InChI=1S/C18H22N2O3/c1-3-6-14(2)19-17(21)13-23-18(22)15-7-9-16(10-8-15)20-11-4-5-12-20/h4-5,7-12,14H,3,6,13H2,1-2H3,(H,19,21). The lowest BCUT2D eigenvalue weighted by molar-refractivity contribution is -0.124. The van der Waals surface area contributed by atoms with Crippen molar-refractivity contribution in [1.82, 2.24) is 9.88 Å². The molecule has 0 fully saturated rings. The molecule has 1 unspecified atom stereocenters. The Kier molecular flexibility index (Phi) is 5.97. The Labute approximate surface area is 136 Å². The average molecular weight is 314 g/mol. The van der Waals surface area contributed by atoms with Gasteiger partial charge in [-0.3, -0.25) is 4.79 Å². The largest absolute Gasteiger partial charge is 0.452 e. The summed E-state index contributed by atoms with van der Waals surface area (Å²) in [4.78, 5) is 23.6. The molecular formula is C18H22N2O3. The third-order valence-electron chi connectivity index (χ3n) is 3.47. The van der Waals surface area contributed by atoms with E-state index in [4.69, 9.17) is 4.74 Å². The number of nitrogens with one attached hydrogen (secondary N) is 1. The molecule has 0 spiro atoms. The summed E-state index contributed by atoms with van der Waals surface area (Å²) in [5, 5.41) is 2.80. The van der Waals surface area contributed by atoms with Crippen LogP contribution in [0.1, 0.15) is 37.0 Å². The van der Waals surface area contributed by atoms with Gasteiger partial charge in [-0.2, -0.15) is 0 Å². The first kappa shape index (κ1) is 16.8. The minimum atomic E-state index is -0.498. The molecule has 1 atom stereocenters. The zero-order chi connectivity index (χ0) is 16.7.